The summed E-state index contributed by atoms with van der Waals surface area (Å²) in [5.74, 6) is -0.274. The van der Waals surface area contributed by atoms with Gasteiger partial charge in [-0.2, -0.15) is 13.2 Å². The van der Waals surface area contributed by atoms with Gasteiger partial charge < -0.3 is 0 Å². The fourth-order valence-electron chi connectivity index (χ4n) is 2.62. The highest BCUT2D eigenvalue weighted by Crippen LogP contribution is 2.32. The van der Waals surface area contributed by atoms with E-state index in [1.54, 1.807) is 6.07 Å². The Bertz CT molecular complexity index is 812. The number of hydrogen-bond donors (Lipinski definition) is 0. The number of aryl methyl sites for hydroxylation is 1. The van der Waals surface area contributed by atoms with Crippen molar-refractivity contribution in [2.45, 2.75) is 31.2 Å². The van der Waals surface area contributed by atoms with E-state index in [1.807, 2.05) is 31.2 Å². The minimum Gasteiger partial charge on any atom is -0.271 e. The lowest BCUT2D eigenvalue weighted by molar-refractivity contribution is -0.137. The van der Waals surface area contributed by atoms with Crippen molar-refractivity contribution in [2.24, 2.45) is 4.99 Å². The highest BCUT2D eigenvalue weighted by molar-refractivity contribution is 8.15. The number of thioether (sulfide) groups is 1. The molecule has 1 atom stereocenters. The molecule has 0 fully saturated rings. The molecule has 1 aliphatic rings. The summed E-state index contributed by atoms with van der Waals surface area (Å²) >= 11 is 1.35. The number of nitrogens with zero attached hydrogens (tertiary/aromatic N) is 1. The van der Waals surface area contributed by atoms with Gasteiger partial charge in [0, 0.05) is 6.42 Å². The van der Waals surface area contributed by atoms with E-state index in [0.29, 0.717) is 17.0 Å². The summed E-state index contributed by atoms with van der Waals surface area (Å²) < 4.78 is 38.4. The third kappa shape index (κ3) is 4.51. The first kappa shape index (κ1) is 17.7. The van der Waals surface area contributed by atoms with Gasteiger partial charge in [-0.1, -0.05) is 59.8 Å². The number of carbonyl (C=O) groups is 1. The molecule has 1 amide bonds. The zero-order chi connectivity index (χ0) is 18.0. The number of carbonyl (C=O) groups excluding carboxylic acids is 1. The Kier molecular flexibility index (Phi) is 4.99. The quantitative estimate of drug-likeness (QED) is 0.778. The Morgan fingerprint density at radius 3 is 2.48 bits per heavy atom. The largest absolute Gasteiger partial charge is 0.416 e. The van der Waals surface area contributed by atoms with Gasteiger partial charge in [0.15, 0.2) is 0 Å². The van der Waals surface area contributed by atoms with Crippen LogP contribution in [0.2, 0.25) is 0 Å². The molecule has 6 heteroatoms. The second kappa shape index (κ2) is 7.04. The summed E-state index contributed by atoms with van der Waals surface area (Å²) in [4.78, 5) is 16.2. The summed E-state index contributed by atoms with van der Waals surface area (Å²) in [6.07, 6.45) is -3.57. The van der Waals surface area contributed by atoms with Crippen molar-refractivity contribution in [2.75, 3.05) is 0 Å². The number of benzene rings is 2. The summed E-state index contributed by atoms with van der Waals surface area (Å²) in [5.41, 5.74) is 2.02. The zero-order valence-electron chi connectivity index (χ0n) is 13.5. The third-order valence-corrected chi connectivity index (χ3v) is 5.10. The van der Waals surface area contributed by atoms with E-state index in [9.17, 15) is 18.0 Å². The van der Waals surface area contributed by atoms with E-state index in [0.717, 1.165) is 23.3 Å². The maximum absolute atomic E-state index is 12.8. The molecular weight excluding hydrogens is 347 g/mol. The molecule has 3 rings (SSSR count). The van der Waals surface area contributed by atoms with Crippen LogP contribution in [0.1, 0.15) is 22.3 Å². The van der Waals surface area contributed by atoms with Crippen LogP contribution in [0.4, 0.5) is 13.2 Å². The van der Waals surface area contributed by atoms with Gasteiger partial charge >= 0.3 is 6.18 Å². The SMILES string of the molecule is Cc1ccc(CC2=NC(=O)C(Cc3cccc(C(F)(F)F)c3)S2)cc1. The monoisotopic (exact) mass is 363 g/mol. The van der Waals surface area contributed by atoms with Gasteiger partial charge in [0.1, 0.15) is 0 Å². The first-order valence-electron chi connectivity index (χ1n) is 7.81. The van der Waals surface area contributed by atoms with E-state index in [1.165, 1.54) is 17.8 Å². The first-order chi connectivity index (χ1) is 11.8. The van der Waals surface area contributed by atoms with Gasteiger partial charge in [-0.15, -0.1) is 0 Å². The minimum atomic E-state index is -4.38. The van der Waals surface area contributed by atoms with Crippen molar-refractivity contribution >= 4 is 22.7 Å². The Morgan fingerprint density at radius 1 is 1.08 bits per heavy atom. The molecule has 0 saturated carbocycles. The number of rotatable bonds is 4. The number of aliphatic imine (C=N–C) groups is 1. The molecule has 0 aromatic heterocycles. The average Bonchev–Trinajstić information content (AvgIpc) is 2.88. The third-order valence-electron chi connectivity index (χ3n) is 3.94. The lowest BCUT2D eigenvalue weighted by Gasteiger charge is -2.11. The molecule has 25 heavy (non-hydrogen) atoms. The van der Waals surface area contributed by atoms with Crippen LogP contribution in [0, 0.1) is 6.92 Å². The standard InChI is InChI=1S/C19H16F3NOS/c1-12-5-7-13(8-6-12)11-17-23-18(24)16(25-17)10-14-3-2-4-15(9-14)19(20,21)22/h2-9,16H,10-11H2,1H3. The van der Waals surface area contributed by atoms with Crippen molar-refractivity contribution in [1.29, 1.82) is 0 Å². The highest BCUT2D eigenvalue weighted by Gasteiger charge is 2.32. The highest BCUT2D eigenvalue weighted by atomic mass is 32.2. The molecule has 2 aromatic rings. The van der Waals surface area contributed by atoms with Crippen LogP contribution in [-0.4, -0.2) is 16.2 Å². The lowest BCUT2D eigenvalue weighted by atomic mass is 10.1. The van der Waals surface area contributed by atoms with E-state index >= 15 is 0 Å². The smallest absolute Gasteiger partial charge is 0.271 e. The summed E-state index contributed by atoms with van der Waals surface area (Å²) in [5, 5.41) is 0.259. The van der Waals surface area contributed by atoms with Crippen molar-refractivity contribution in [3.63, 3.8) is 0 Å². The predicted octanol–water partition coefficient (Wildman–Crippen LogP) is 4.84. The maximum atomic E-state index is 12.8. The van der Waals surface area contributed by atoms with Crippen LogP contribution in [0.5, 0.6) is 0 Å². The second-order valence-electron chi connectivity index (χ2n) is 6.01. The van der Waals surface area contributed by atoms with Crippen molar-refractivity contribution < 1.29 is 18.0 Å². The summed E-state index contributed by atoms with van der Waals surface area (Å²) in [6, 6.07) is 13.1. The number of alkyl halides is 3. The Balaban J connectivity index is 1.66. The molecule has 130 valence electrons. The average molecular weight is 363 g/mol. The predicted molar refractivity (Wildman–Crippen MR) is 93.9 cm³/mol. The van der Waals surface area contributed by atoms with E-state index in [4.69, 9.17) is 0 Å². The van der Waals surface area contributed by atoms with Gasteiger partial charge in [-0.05, 0) is 30.5 Å². The van der Waals surface area contributed by atoms with Gasteiger partial charge in [-0.3, -0.25) is 4.79 Å². The van der Waals surface area contributed by atoms with E-state index in [2.05, 4.69) is 4.99 Å². The Morgan fingerprint density at radius 2 is 1.80 bits per heavy atom. The molecule has 1 aliphatic heterocycles. The van der Waals surface area contributed by atoms with Gasteiger partial charge in [0.2, 0.25) is 0 Å². The van der Waals surface area contributed by atoms with Gasteiger partial charge in [0.05, 0.1) is 15.9 Å². The van der Waals surface area contributed by atoms with Crippen LogP contribution in [-0.2, 0) is 23.8 Å². The number of halogens is 3. The van der Waals surface area contributed by atoms with Gasteiger partial charge in [-0.25, -0.2) is 4.99 Å². The first-order valence-corrected chi connectivity index (χ1v) is 8.69. The molecule has 0 aliphatic carbocycles. The van der Waals surface area contributed by atoms with Crippen molar-refractivity contribution in [1.82, 2.24) is 0 Å². The molecule has 0 spiro atoms. The normalized spacial score (nSPS) is 17.7. The molecule has 0 radical (unpaired) electrons. The van der Waals surface area contributed by atoms with E-state index < -0.39 is 17.0 Å². The number of amides is 1. The molecule has 2 nitrogen and oxygen atoms in total. The summed E-state index contributed by atoms with van der Waals surface area (Å²) in [6.45, 7) is 2.00. The van der Waals surface area contributed by atoms with Gasteiger partial charge in [0.25, 0.3) is 5.91 Å². The Labute approximate surface area is 148 Å². The van der Waals surface area contributed by atoms with Crippen LogP contribution >= 0.6 is 11.8 Å². The zero-order valence-corrected chi connectivity index (χ0v) is 14.3. The molecule has 2 aromatic carbocycles. The van der Waals surface area contributed by atoms with Crippen molar-refractivity contribution in [3.05, 3.63) is 70.8 Å². The fourth-order valence-corrected chi connectivity index (χ4v) is 3.77. The van der Waals surface area contributed by atoms with Crippen LogP contribution in [0.3, 0.4) is 0 Å². The molecule has 0 saturated heterocycles. The topological polar surface area (TPSA) is 29.4 Å². The summed E-state index contributed by atoms with van der Waals surface area (Å²) in [7, 11) is 0. The number of hydrogen-bond acceptors (Lipinski definition) is 2. The van der Waals surface area contributed by atoms with Crippen LogP contribution in [0.25, 0.3) is 0 Å². The molecular formula is C19H16F3NOS. The maximum Gasteiger partial charge on any atom is 0.416 e. The van der Waals surface area contributed by atoms with Crippen LogP contribution in [0.15, 0.2) is 53.5 Å². The molecule has 1 heterocycles. The van der Waals surface area contributed by atoms with Crippen molar-refractivity contribution in [3.8, 4) is 0 Å². The second-order valence-corrected chi connectivity index (χ2v) is 7.29. The Hall–Kier alpha value is -2.08. The molecule has 1 unspecified atom stereocenters. The molecule has 0 N–H and O–H groups in total. The van der Waals surface area contributed by atoms with E-state index in [-0.39, 0.29) is 12.3 Å². The minimum absolute atomic E-state index is 0.244. The molecule has 0 bridgehead atoms. The lowest BCUT2D eigenvalue weighted by Crippen LogP contribution is -2.14. The fraction of sp³-hybridized carbons (Fsp3) is 0.263. The van der Waals surface area contributed by atoms with Crippen LogP contribution < -0.4 is 0 Å².